The van der Waals surface area contributed by atoms with Crippen molar-refractivity contribution in [2.24, 2.45) is 0 Å². The Bertz CT molecular complexity index is 525. The molecule has 0 aromatic heterocycles. The molecule has 0 spiro atoms. The van der Waals surface area contributed by atoms with Gasteiger partial charge in [0.25, 0.3) is 0 Å². The van der Waals surface area contributed by atoms with Crippen LogP contribution < -0.4 is 10.8 Å². The normalized spacial score (nSPS) is 13.8. The molecule has 0 aliphatic heterocycles. The smallest absolute Gasteiger partial charge is 0.164 e. The Morgan fingerprint density at radius 2 is 1.50 bits per heavy atom. The highest BCUT2D eigenvalue weighted by Gasteiger charge is 2.33. The molecule has 3 nitrogen and oxygen atoms in total. The summed E-state index contributed by atoms with van der Waals surface area (Å²) in [7, 11) is 0. The predicted molar refractivity (Wildman–Crippen MR) is 66.2 cm³/mol. The van der Waals surface area contributed by atoms with E-state index in [1.54, 1.807) is 12.1 Å². The highest BCUT2D eigenvalue weighted by Crippen LogP contribution is 2.20. The summed E-state index contributed by atoms with van der Waals surface area (Å²) in [6, 6.07) is 18.5. The maximum Gasteiger partial charge on any atom is 0.164 e. The Morgan fingerprint density at radius 3 is 2.00 bits per heavy atom. The highest BCUT2D eigenvalue weighted by molar-refractivity contribution is 5.77. The van der Waals surface area contributed by atoms with E-state index < -0.39 is 11.5 Å². The summed E-state index contributed by atoms with van der Waals surface area (Å²) in [6.45, 7) is 0. The Balaban J connectivity index is 2.37. The van der Waals surface area contributed by atoms with Crippen LogP contribution in [-0.2, 0) is 16.8 Å². The molecule has 3 N–H and O–H groups in total. The first-order chi connectivity index (χ1) is 8.63. The summed E-state index contributed by atoms with van der Waals surface area (Å²) in [5, 5.41) is 11.5. The van der Waals surface area contributed by atoms with E-state index >= 15 is 0 Å². The topological polar surface area (TPSA) is 67.8 Å². The van der Waals surface area contributed by atoms with E-state index in [9.17, 15) is 9.90 Å². The molecule has 0 fully saturated rings. The number of benzene rings is 2. The SMILES string of the molecule is [NH3+][C@](Cc1ccccc1)(C(=O)[O-])c1ccccc1. The molecule has 0 aliphatic carbocycles. The molecule has 2 aromatic carbocycles. The number of hydrogen-bond acceptors (Lipinski definition) is 2. The maximum absolute atomic E-state index is 11.5. The van der Waals surface area contributed by atoms with Gasteiger partial charge in [-0.05, 0) is 5.56 Å². The monoisotopic (exact) mass is 241 g/mol. The lowest BCUT2D eigenvalue weighted by Gasteiger charge is -2.27. The first-order valence-corrected chi connectivity index (χ1v) is 5.79. The van der Waals surface area contributed by atoms with Gasteiger partial charge in [0.2, 0.25) is 0 Å². The molecule has 0 saturated heterocycles. The van der Waals surface area contributed by atoms with Gasteiger partial charge in [-0.3, -0.25) is 0 Å². The summed E-state index contributed by atoms with van der Waals surface area (Å²) < 4.78 is 0. The van der Waals surface area contributed by atoms with Crippen LogP contribution in [0.2, 0.25) is 0 Å². The molecule has 0 unspecified atom stereocenters. The summed E-state index contributed by atoms with van der Waals surface area (Å²) in [5.41, 5.74) is 4.22. The van der Waals surface area contributed by atoms with Crippen LogP contribution in [0.5, 0.6) is 0 Å². The van der Waals surface area contributed by atoms with Crippen molar-refractivity contribution < 1.29 is 15.6 Å². The summed E-state index contributed by atoms with van der Waals surface area (Å²) in [4.78, 5) is 11.5. The van der Waals surface area contributed by atoms with Crippen LogP contribution in [0.4, 0.5) is 0 Å². The van der Waals surface area contributed by atoms with E-state index in [2.05, 4.69) is 5.73 Å². The van der Waals surface area contributed by atoms with Gasteiger partial charge in [-0.15, -0.1) is 0 Å². The van der Waals surface area contributed by atoms with Gasteiger partial charge >= 0.3 is 0 Å². The fourth-order valence-electron chi connectivity index (χ4n) is 1.99. The van der Waals surface area contributed by atoms with Gasteiger partial charge in [-0.25, -0.2) is 0 Å². The van der Waals surface area contributed by atoms with Crippen molar-refractivity contribution in [1.29, 1.82) is 0 Å². The van der Waals surface area contributed by atoms with Gasteiger partial charge in [-0.2, -0.15) is 0 Å². The van der Waals surface area contributed by atoms with Crippen molar-refractivity contribution in [3.63, 3.8) is 0 Å². The minimum Gasteiger partial charge on any atom is -0.543 e. The van der Waals surface area contributed by atoms with Gasteiger partial charge in [0.15, 0.2) is 5.54 Å². The van der Waals surface area contributed by atoms with Crippen molar-refractivity contribution in [3.8, 4) is 0 Å². The van der Waals surface area contributed by atoms with Crippen molar-refractivity contribution in [2.45, 2.75) is 12.0 Å². The summed E-state index contributed by atoms with van der Waals surface area (Å²) in [5.74, 6) is -1.16. The zero-order valence-corrected chi connectivity index (χ0v) is 10.0. The number of carbonyl (C=O) groups excluding carboxylic acids is 1. The molecule has 0 bridgehead atoms. The third-order valence-corrected chi connectivity index (χ3v) is 3.07. The lowest BCUT2D eigenvalue weighted by molar-refractivity contribution is -0.494. The average molecular weight is 241 g/mol. The second kappa shape index (κ2) is 5.02. The number of aliphatic carboxylic acids is 1. The largest absolute Gasteiger partial charge is 0.543 e. The highest BCUT2D eigenvalue weighted by atomic mass is 16.4. The zero-order chi connectivity index (χ0) is 13.0. The minimum absolute atomic E-state index is 0.320. The summed E-state index contributed by atoms with van der Waals surface area (Å²) in [6.07, 6.45) is 0.320. The van der Waals surface area contributed by atoms with Gasteiger partial charge in [0, 0.05) is 12.0 Å². The molecule has 0 radical (unpaired) electrons. The maximum atomic E-state index is 11.5. The van der Waals surface area contributed by atoms with E-state index in [4.69, 9.17) is 0 Å². The van der Waals surface area contributed by atoms with Crippen LogP contribution in [0.15, 0.2) is 60.7 Å². The van der Waals surface area contributed by atoms with E-state index in [1.165, 1.54) is 0 Å². The summed E-state index contributed by atoms with van der Waals surface area (Å²) >= 11 is 0. The average Bonchev–Trinajstić information content (AvgIpc) is 2.40. The number of carbonyl (C=O) groups is 1. The molecule has 1 atom stereocenters. The van der Waals surface area contributed by atoms with E-state index in [0.29, 0.717) is 12.0 Å². The molecule has 92 valence electrons. The fraction of sp³-hybridized carbons (Fsp3) is 0.133. The van der Waals surface area contributed by atoms with Crippen LogP contribution in [0, 0.1) is 0 Å². The van der Waals surface area contributed by atoms with Gasteiger partial charge in [0.1, 0.15) is 5.97 Å². The lowest BCUT2D eigenvalue weighted by Crippen LogP contribution is -2.77. The zero-order valence-electron chi connectivity index (χ0n) is 10.0. The van der Waals surface area contributed by atoms with Crippen LogP contribution in [0.3, 0.4) is 0 Å². The molecule has 3 heteroatoms. The number of hydrogen-bond donors (Lipinski definition) is 1. The molecule has 0 heterocycles. The number of rotatable bonds is 4. The molecule has 2 aromatic rings. The Kier molecular flexibility index (Phi) is 3.44. The van der Waals surface area contributed by atoms with Gasteiger partial charge < -0.3 is 15.6 Å². The molecular weight excluding hydrogens is 226 g/mol. The Labute approximate surface area is 106 Å². The second-order valence-electron chi connectivity index (χ2n) is 4.40. The lowest BCUT2D eigenvalue weighted by atomic mass is 9.85. The van der Waals surface area contributed by atoms with Crippen molar-refractivity contribution in [3.05, 3.63) is 71.8 Å². The van der Waals surface area contributed by atoms with Crippen LogP contribution >= 0.6 is 0 Å². The quantitative estimate of drug-likeness (QED) is 0.826. The minimum atomic E-state index is -1.25. The van der Waals surface area contributed by atoms with Crippen molar-refractivity contribution >= 4 is 5.97 Å². The van der Waals surface area contributed by atoms with E-state index in [-0.39, 0.29) is 0 Å². The first kappa shape index (κ1) is 12.3. The molecule has 0 aliphatic rings. The second-order valence-corrected chi connectivity index (χ2v) is 4.40. The van der Waals surface area contributed by atoms with E-state index in [1.807, 2.05) is 48.5 Å². The molecule has 2 rings (SSSR count). The standard InChI is InChI=1S/C15H15NO2/c16-15(14(17)18,13-9-5-2-6-10-13)11-12-7-3-1-4-8-12/h1-10H,11,16H2,(H,17,18)/t15-/m0/s1. The number of carboxylic acids is 1. The molecule has 18 heavy (non-hydrogen) atoms. The molecular formula is C15H15NO2. The first-order valence-electron chi connectivity index (χ1n) is 5.79. The Hall–Kier alpha value is -2.13. The molecule has 0 amide bonds. The fourth-order valence-corrected chi connectivity index (χ4v) is 1.99. The van der Waals surface area contributed by atoms with Gasteiger partial charge in [0.05, 0.1) is 0 Å². The van der Waals surface area contributed by atoms with Gasteiger partial charge in [-0.1, -0.05) is 60.7 Å². The van der Waals surface area contributed by atoms with Crippen LogP contribution in [0.1, 0.15) is 11.1 Å². The van der Waals surface area contributed by atoms with Crippen LogP contribution in [0.25, 0.3) is 0 Å². The van der Waals surface area contributed by atoms with E-state index in [0.717, 1.165) is 5.56 Å². The third-order valence-electron chi connectivity index (χ3n) is 3.07. The molecule has 0 saturated carbocycles. The predicted octanol–water partition coefficient (Wildman–Crippen LogP) is 0.116. The third kappa shape index (κ3) is 2.41. The number of carboxylic acid groups (broad SMARTS) is 1. The van der Waals surface area contributed by atoms with Crippen LogP contribution in [-0.4, -0.2) is 5.97 Å². The Morgan fingerprint density at radius 1 is 1.00 bits per heavy atom. The number of quaternary nitrogens is 1. The van der Waals surface area contributed by atoms with Crippen molar-refractivity contribution in [2.75, 3.05) is 0 Å². The van der Waals surface area contributed by atoms with Crippen molar-refractivity contribution in [1.82, 2.24) is 0 Å².